The smallest absolute Gasteiger partial charge is 0.153 e. The fourth-order valence-electron chi connectivity index (χ4n) is 1.41. The Balaban J connectivity index is 0.000000641. The summed E-state index contributed by atoms with van der Waals surface area (Å²) in [5.41, 5.74) is 0. The highest BCUT2D eigenvalue weighted by Crippen LogP contribution is 2.23. The van der Waals surface area contributed by atoms with E-state index in [1.165, 1.54) is 6.42 Å². The maximum Gasteiger partial charge on any atom is 0.153 e. The van der Waals surface area contributed by atoms with Crippen LogP contribution in [-0.4, -0.2) is 34.1 Å². The van der Waals surface area contributed by atoms with Crippen LogP contribution in [0.3, 0.4) is 0 Å². The third-order valence-corrected chi connectivity index (χ3v) is 2.67. The van der Waals surface area contributed by atoms with Crippen molar-refractivity contribution in [3.63, 3.8) is 0 Å². The van der Waals surface area contributed by atoms with Gasteiger partial charge in [0.15, 0.2) is 14.9 Å². The third kappa shape index (κ3) is 6.42. The fourth-order valence-corrected chi connectivity index (χ4v) is 1.71. The Morgan fingerprint density at radius 2 is 2.10 bits per heavy atom. The monoisotopic (exact) mass is 299 g/mol. The summed E-state index contributed by atoms with van der Waals surface area (Å²) in [6, 6.07) is 1.85. The molecule has 114 valence electrons. The van der Waals surface area contributed by atoms with Gasteiger partial charge in [0.1, 0.15) is 5.82 Å². The number of aromatic nitrogens is 2. The highest BCUT2D eigenvalue weighted by atomic mass is 31.1. The van der Waals surface area contributed by atoms with Crippen LogP contribution >= 0.6 is 9.03 Å². The lowest BCUT2D eigenvalue weighted by molar-refractivity contribution is 0.177. The van der Waals surface area contributed by atoms with Gasteiger partial charge in [-0.25, -0.2) is 9.97 Å². The van der Waals surface area contributed by atoms with Crippen molar-refractivity contribution in [1.82, 2.24) is 9.97 Å². The van der Waals surface area contributed by atoms with Gasteiger partial charge in [-0.2, -0.15) is 0 Å². The van der Waals surface area contributed by atoms with E-state index in [0.717, 1.165) is 18.9 Å². The van der Waals surface area contributed by atoms with Crippen molar-refractivity contribution in [3.8, 4) is 0 Å². The largest absolute Gasteiger partial charge is 0.352 e. The van der Waals surface area contributed by atoms with E-state index in [9.17, 15) is 0 Å². The second-order valence-electron chi connectivity index (χ2n) is 3.92. The van der Waals surface area contributed by atoms with Gasteiger partial charge < -0.3 is 14.3 Å². The van der Waals surface area contributed by atoms with Gasteiger partial charge >= 0.3 is 0 Å². The van der Waals surface area contributed by atoms with Crippen molar-refractivity contribution < 1.29 is 9.42 Å². The minimum absolute atomic E-state index is 0.121. The highest BCUT2D eigenvalue weighted by Gasteiger charge is 2.28. The topological polar surface area (TPSA) is 58.5 Å². The van der Waals surface area contributed by atoms with E-state index in [-0.39, 0.29) is 6.10 Å². The Kier molecular flexibility index (Phi) is 11.2. The number of nitrogens with zero attached hydrogens (tertiary/aromatic N) is 3. The average Bonchev–Trinajstić information content (AvgIpc) is 2.45. The minimum Gasteiger partial charge on any atom is -0.352 e. The molecule has 1 fully saturated rings. The molecule has 1 atom stereocenters. The first kappa shape index (κ1) is 19.0. The van der Waals surface area contributed by atoms with Crippen LogP contribution < -0.4 is 4.90 Å². The van der Waals surface area contributed by atoms with Crippen molar-refractivity contribution in [2.75, 3.05) is 18.0 Å². The summed E-state index contributed by atoms with van der Waals surface area (Å²) in [5, 5.41) is 0. The van der Waals surface area contributed by atoms with Crippen LogP contribution in [0, 0.1) is 0 Å². The minimum atomic E-state index is -0.434. The first-order chi connectivity index (χ1) is 9.74. The Morgan fingerprint density at radius 1 is 1.50 bits per heavy atom. The zero-order valence-electron chi connectivity index (χ0n) is 12.8. The molecular weight excluding hydrogens is 273 g/mol. The van der Waals surface area contributed by atoms with E-state index in [0.29, 0.717) is 5.82 Å². The second kappa shape index (κ2) is 11.8. The quantitative estimate of drug-likeness (QED) is 0.865. The Labute approximate surface area is 124 Å². The van der Waals surface area contributed by atoms with Crippen molar-refractivity contribution >= 4 is 20.9 Å². The van der Waals surface area contributed by atoms with E-state index in [2.05, 4.69) is 35.3 Å². The van der Waals surface area contributed by atoms with E-state index < -0.39 is 9.03 Å². The van der Waals surface area contributed by atoms with E-state index in [1.807, 2.05) is 19.9 Å². The van der Waals surface area contributed by atoms with Crippen LogP contribution in [0.1, 0.15) is 39.9 Å². The standard InChI is InChI=1S/C9H12N3O2P.C3H8.C2H6/c1-2-8-10-4-3-9(11-8)12-5-7(6-12)14-15-13;1-3-2;1-2/h2-4,7,13,15H,1,5-6H2;3H2,1-2H3;1-2H3. The van der Waals surface area contributed by atoms with Crippen LogP contribution in [0.15, 0.2) is 18.8 Å². The maximum atomic E-state index is 8.59. The Bertz CT molecular complexity index is 371. The molecule has 5 nitrogen and oxygen atoms in total. The van der Waals surface area contributed by atoms with Gasteiger partial charge in [-0.15, -0.1) is 0 Å². The van der Waals surface area contributed by atoms with Gasteiger partial charge in [-0.3, -0.25) is 0 Å². The van der Waals surface area contributed by atoms with E-state index >= 15 is 0 Å². The predicted molar refractivity (Wildman–Crippen MR) is 87.1 cm³/mol. The van der Waals surface area contributed by atoms with Crippen LogP contribution in [-0.2, 0) is 4.52 Å². The molecule has 1 unspecified atom stereocenters. The van der Waals surface area contributed by atoms with Gasteiger partial charge in [-0.05, 0) is 12.1 Å². The molecule has 2 heterocycles. The zero-order chi connectivity index (χ0) is 15.4. The van der Waals surface area contributed by atoms with Crippen molar-refractivity contribution in [2.24, 2.45) is 0 Å². The molecule has 0 radical (unpaired) electrons. The predicted octanol–water partition coefficient (Wildman–Crippen LogP) is 3.27. The molecule has 1 aromatic rings. The number of hydrogen-bond donors (Lipinski definition) is 1. The summed E-state index contributed by atoms with van der Waals surface area (Å²) in [5.74, 6) is 1.50. The summed E-state index contributed by atoms with van der Waals surface area (Å²) >= 11 is 0. The molecule has 1 aliphatic rings. The molecule has 0 aromatic carbocycles. The fraction of sp³-hybridized carbons (Fsp3) is 0.571. The van der Waals surface area contributed by atoms with Crippen LogP contribution in [0.4, 0.5) is 5.82 Å². The summed E-state index contributed by atoms with van der Waals surface area (Å²) in [6.45, 7) is 13.4. The van der Waals surface area contributed by atoms with Crippen LogP contribution in [0.2, 0.25) is 0 Å². The van der Waals surface area contributed by atoms with Gasteiger partial charge in [0.25, 0.3) is 0 Å². The second-order valence-corrected chi connectivity index (χ2v) is 4.34. The lowest BCUT2D eigenvalue weighted by Gasteiger charge is -2.38. The molecule has 1 N–H and O–H groups in total. The molecule has 0 bridgehead atoms. The molecule has 1 saturated heterocycles. The number of anilines is 1. The number of hydrogen-bond acceptors (Lipinski definition) is 5. The summed E-state index contributed by atoms with van der Waals surface area (Å²) in [4.78, 5) is 19.0. The maximum absolute atomic E-state index is 8.59. The van der Waals surface area contributed by atoms with Gasteiger partial charge in [-0.1, -0.05) is 40.7 Å². The van der Waals surface area contributed by atoms with Gasteiger partial charge in [0, 0.05) is 19.3 Å². The van der Waals surface area contributed by atoms with E-state index in [1.54, 1.807) is 12.3 Å². The Morgan fingerprint density at radius 3 is 2.60 bits per heavy atom. The third-order valence-electron chi connectivity index (χ3n) is 2.23. The summed E-state index contributed by atoms with van der Waals surface area (Å²) in [7, 11) is -0.434. The molecule has 0 amide bonds. The first-order valence-corrected chi connectivity index (χ1v) is 7.85. The molecule has 1 aromatic heterocycles. The van der Waals surface area contributed by atoms with Gasteiger partial charge in [0.05, 0.1) is 6.10 Å². The molecule has 2 rings (SSSR count). The zero-order valence-corrected chi connectivity index (χ0v) is 13.8. The normalized spacial score (nSPS) is 13.9. The SMILES string of the molecule is C=Cc1nccc(N2CC(OPO)C2)n1.CC.CCC. The van der Waals surface area contributed by atoms with Crippen molar-refractivity contribution in [2.45, 2.75) is 40.2 Å². The molecule has 1 aliphatic heterocycles. The molecule has 0 spiro atoms. The van der Waals surface area contributed by atoms with Crippen molar-refractivity contribution in [1.29, 1.82) is 0 Å². The lowest BCUT2D eigenvalue weighted by Crippen LogP contribution is -2.51. The average molecular weight is 299 g/mol. The first-order valence-electron chi connectivity index (χ1n) is 7.00. The number of rotatable bonds is 4. The van der Waals surface area contributed by atoms with E-state index in [4.69, 9.17) is 9.42 Å². The molecule has 0 saturated carbocycles. The molecule has 0 aliphatic carbocycles. The van der Waals surface area contributed by atoms with Crippen LogP contribution in [0.25, 0.3) is 6.08 Å². The Hall–Kier alpha value is -1.03. The molecular formula is C14H26N3O2P. The van der Waals surface area contributed by atoms with Crippen LogP contribution in [0.5, 0.6) is 0 Å². The van der Waals surface area contributed by atoms with Gasteiger partial charge in [0.2, 0.25) is 0 Å². The summed E-state index contributed by atoms with van der Waals surface area (Å²) in [6.07, 6.45) is 4.70. The highest BCUT2D eigenvalue weighted by molar-refractivity contribution is 7.25. The summed E-state index contributed by atoms with van der Waals surface area (Å²) < 4.78 is 5.06. The molecule has 20 heavy (non-hydrogen) atoms. The molecule has 6 heteroatoms. The lowest BCUT2D eigenvalue weighted by atomic mass is 10.2. The van der Waals surface area contributed by atoms with Crippen molar-refractivity contribution in [3.05, 3.63) is 24.7 Å².